The Morgan fingerprint density at radius 1 is 0.500 bits per heavy atom. The topological polar surface area (TPSA) is 193 Å². The van der Waals surface area contributed by atoms with Gasteiger partial charge in [0.15, 0.2) is 11.5 Å². The number of hydrogen-bond donors (Lipinski definition) is 6. The number of nitrogens with one attached hydrogen (secondary N) is 6. The van der Waals surface area contributed by atoms with Gasteiger partial charge < -0.3 is 65.4 Å². The van der Waals surface area contributed by atoms with Crippen LogP contribution in [-0.4, -0.2) is 104 Å². The summed E-state index contributed by atoms with van der Waals surface area (Å²) in [5.41, 5.74) is 4.78. The first-order valence-corrected chi connectivity index (χ1v) is 33.4. The Bertz CT molecular complexity index is 3290. The number of piperidine rings is 2. The average Bonchev–Trinajstić information content (AvgIpc) is 0.938. The van der Waals surface area contributed by atoms with Crippen molar-refractivity contribution in [2.24, 2.45) is 0 Å². The van der Waals surface area contributed by atoms with Gasteiger partial charge in [0.2, 0.25) is 0 Å². The minimum absolute atomic E-state index is 0.0308. The number of likely N-dealkylation sites (tertiary alicyclic amines) is 2. The van der Waals surface area contributed by atoms with Gasteiger partial charge in [0.1, 0.15) is 46.8 Å². The Kier molecular flexibility index (Phi) is 28.3. The molecule has 0 spiro atoms. The highest BCUT2D eigenvalue weighted by Gasteiger charge is 2.24. The predicted molar refractivity (Wildman–Crippen MR) is 368 cm³/mol. The Morgan fingerprint density at radius 3 is 1.52 bits per heavy atom. The monoisotopic (exact) mass is 1260 g/mol. The van der Waals surface area contributed by atoms with Crippen molar-refractivity contribution < 1.29 is 47.3 Å². The summed E-state index contributed by atoms with van der Waals surface area (Å²) < 4.78 is 45.5. The number of benzene rings is 6. The summed E-state index contributed by atoms with van der Waals surface area (Å²) in [5.74, 6) is 2.84. The minimum atomic E-state index is -0.646. The number of aryl methyl sites for hydroxylation is 1. The summed E-state index contributed by atoms with van der Waals surface area (Å²) in [6.07, 6.45) is 12.8. The van der Waals surface area contributed by atoms with Crippen LogP contribution in [0, 0.1) is 12.7 Å². The van der Waals surface area contributed by atoms with Crippen LogP contribution in [0.25, 0.3) is 0 Å². The molecule has 0 radical (unpaired) electrons. The van der Waals surface area contributed by atoms with Crippen molar-refractivity contribution in [2.45, 2.75) is 176 Å². The van der Waals surface area contributed by atoms with E-state index < -0.39 is 11.7 Å². The Balaban J connectivity index is 0.000000261. The van der Waals surface area contributed by atoms with E-state index in [4.69, 9.17) is 23.7 Å². The molecule has 0 atom stereocenters. The van der Waals surface area contributed by atoms with Gasteiger partial charge in [0.25, 0.3) is 11.8 Å². The SMILES string of the molecule is CCCCN1CCC(Oc2ccc(C(=O)Nc3ccc(Oc4ccc(NC(=O)NC(CC)CC)cc4C(C)C)cc3)cc2)CC1.CCCCN1CCC(Oc2ccc(C(=O)Nc3ccc(Oc4ccc(NC(=O)NC(CC)CC)cc4OCC)cc3F)cc2C)CC1. The molecule has 2 aliphatic heterocycles. The molecule has 496 valence electrons. The first kappa shape index (κ1) is 71.1. The van der Waals surface area contributed by atoms with E-state index in [0.29, 0.717) is 46.4 Å². The van der Waals surface area contributed by atoms with E-state index in [1.165, 1.54) is 44.4 Å². The van der Waals surface area contributed by atoms with E-state index in [0.717, 1.165) is 118 Å². The summed E-state index contributed by atoms with van der Waals surface area (Å²) in [7, 11) is 0. The molecule has 6 N–H and O–H groups in total. The van der Waals surface area contributed by atoms with E-state index in [9.17, 15) is 19.2 Å². The molecule has 0 aromatic heterocycles. The zero-order valence-electron chi connectivity index (χ0n) is 55.8. The molecule has 92 heavy (non-hydrogen) atoms. The van der Waals surface area contributed by atoms with Crippen LogP contribution in [0.3, 0.4) is 0 Å². The van der Waals surface area contributed by atoms with Gasteiger partial charge in [-0.05, 0) is 217 Å². The molecule has 2 aliphatic rings. The van der Waals surface area contributed by atoms with Crippen molar-refractivity contribution in [1.82, 2.24) is 20.4 Å². The van der Waals surface area contributed by atoms with Gasteiger partial charge >= 0.3 is 12.1 Å². The molecule has 0 aliphatic carbocycles. The fraction of sp³-hybridized carbons (Fsp3) is 0.459. The maximum absolute atomic E-state index is 15.1. The van der Waals surface area contributed by atoms with Crippen LogP contribution < -0.4 is 55.6 Å². The van der Waals surface area contributed by atoms with Crippen molar-refractivity contribution in [2.75, 3.05) is 67.1 Å². The highest BCUT2D eigenvalue weighted by atomic mass is 19.1. The second-order valence-corrected chi connectivity index (χ2v) is 24.0. The third kappa shape index (κ3) is 22.2. The standard InChI is InChI=1S/C37H49FN4O5.C37H50N4O4/c1-6-10-19-42-20-17-29(18-21-42)46-33-15-11-26(22-25(33)5)36(43)41-32-14-13-30(24-31(32)38)47-34-16-12-28(23-35(34)45-9-4)40-37(44)39-27(7-2)8-3;1-6-9-22-41-23-20-33(21-24-41)44-31-15-10-27(11-16-31)36(42)38-29-12-17-32(18-13-29)45-35-19-14-30(25-34(35)26(4)5)40-37(43)39-28(7-2)8-3/h11-16,22-24,27,29H,6-10,17-21H2,1-5H3,(H,41,43)(H2,39,40,44);10-19,25-26,28,33H,6-9,20-24H2,1-5H3,(H,38,42)(H2,39,40,43). The van der Waals surface area contributed by atoms with Crippen molar-refractivity contribution in [3.05, 3.63) is 149 Å². The molecular formula is C74H99FN8O9. The van der Waals surface area contributed by atoms with Gasteiger partial charge in [-0.25, -0.2) is 14.0 Å². The normalized spacial score (nSPS) is 13.8. The second kappa shape index (κ2) is 36.6. The predicted octanol–water partition coefficient (Wildman–Crippen LogP) is 17.3. The van der Waals surface area contributed by atoms with Crippen LogP contribution in [0.2, 0.25) is 0 Å². The van der Waals surface area contributed by atoms with Crippen LogP contribution in [-0.2, 0) is 0 Å². The lowest BCUT2D eigenvalue weighted by Gasteiger charge is -2.32. The molecule has 17 nitrogen and oxygen atoms in total. The number of halogens is 1. The largest absolute Gasteiger partial charge is 0.490 e. The lowest BCUT2D eigenvalue weighted by molar-refractivity contribution is 0.0989. The summed E-state index contributed by atoms with van der Waals surface area (Å²) >= 11 is 0. The van der Waals surface area contributed by atoms with E-state index in [2.05, 4.69) is 83.2 Å². The van der Waals surface area contributed by atoms with Crippen molar-refractivity contribution in [1.29, 1.82) is 0 Å². The zero-order chi connectivity index (χ0) is 65.9. The number of rotatable bonds is 29. The summed E-state index contributed by atoms with van der Waals surface area (Å²) in [4.78, 5) is 55.8. The van der Waals surface area contributed by atoms with E-state index in [1.54, 1.807) is 48.5 Å². The van der Waals surface area contributed by atoms with Gasteiger partial charge in [0.05, 0.1) is 12.3 Å². The third-order valence-corrected chi connectivity index (χ3v) is 16.7. The van der Waals surface area contributed by atoms with Gasteiger partial charge in [-0.3, -0.25) is 9.59 Å². The van der Waals surface area contributed by atoms with E-state index in [1.807, 2.05) is 88.4 Å². The molecule has 6 aromatic rings. The quantitative estimate of drug-likeness (QED) is 0.0262. The van der Waals surface area contributed by atoms with Crippen LogP contribution in [0.5, 0.6) is 40.2 Å². The van der Waals surface area contributed by atoms with Gasteiger partial charge in [-0.15, -0.1) is 0 Å². The van der Waals surface area contributed by atoms with Crippen molar-refractivity contribution in [3.63, 3.8) is 0 Å². The molecule has 0 unspecified atom stereocenters. The second-order valence-electron chi connectivity index (χ2n) is 24.0. The maximum atomic E-state index is 15.1. The van der Waals surface area contributed by atoms with Gasteiger partial charge in [0, 0.05) is 78.6 Å². The zero-order valence-corrected chi connectivity index (χ0v) is 55.8. The highest BCUT2D eigenvalue weighted by molar-refractivity contribution is 6.05. The lowest BCUT2D eigenvalue weighted by Crippen LogP contribution is -2.38. The summed E-state index contributed by atoms with van der Waals surface area (Å²) in [6, 6.07) is 34.6. The number of amides is 6. The molecule has 6 amide bonds. The lowest BCUT2D eigenvalue weighted by atomic mass is 10.0. The van der Waals surface area contributed by atoms with Crippen LogP contribution in [0.1, 0.15) is 177 Å². The van der Waals surface area contributed by atoms with Crippen LogP contribution >= 0.6 is 0 Å². The Labute approximate surface area is 545 Å². The highest BCUT2D eigenvalue weighted by Crippen LogP contribution is 2.37. The minimum Gasteiger partial charge on any atom is -0.490 e. The molecule has 0 bridgehead atoms. The number of carbonyl (C=O) groups is 4. The van der Waals surface area contributed by atoms with Crippen molar-refractivity contribution >= 4 is 46.6 Å². The van der Waals surface area contributed by atoms with Gasteiger partial charge in [-0.1, -0.05) is 68.2 Å². The number of nitrogens with zero attached hydrogens (tertiary/aromatic N) is 2. The number of anilines is 4. The van der Waals surface area contributed by atoms with E-state index >= 15 is 4.39 Å². The first-order chi connectivity index (χ1) is 44.5. The summed E-state index contributed by atoms with van der Waals surface area (Å²) in [5, 5.41) is 17.3. The summed E-state index contributed by atoms with van der Waals surface area (Å²) in [6.45, 7) is 27.4. The molecular weight excluding hydrogens is 1160 g/mol. The average molecular weight is 1260 g/mol. The van der Waals surface area contributed by atoms with Crippen molar-refractivity contribution in [3.8, 4) is 40.2 Å². The molecule has 6 aromatic carbocycles. The molecule has 18 heteroatoms. The third-order valence-electron chi connectivity index (χ3n) is 16.7. The maximum Gasteiger partial charge on any atom is 0.319 e. The smallest absolute Gasteiger partial charge is 0.319 e. The fourth-order valence-electron chi connectivity index (χ4n) is 11.0. The number of urea groups is 2. The molecule has 0 saturated carbocycles. The van der Waals surface area contributed by atoms with Crippen LogP contribution in [0.4, 0.5) is 36.7 Å². The van der Waals surface area contributed by atoms with Gasteiger partial charge in [-0.2, -0.15) is 0 Å². The molecule has 2 heterocycles. The first-order valence-electron chi connectivity index (χ1n) is 33.4. The van der Waals surface area contributed by atoms with Crippen LogP contribution in [0.15, 0.2) is 121 Å². The molecule has 8 rings (SSSR count). The molecule has 2 fully saturated rings. The number of unbranched alkanes of at least 4 members (excludes halogenated alkanes) is 2. The number of ether oxygens (including phenoxy) is 5. The number of hydrogen-bond acceptors (Lipinski definition) is 11. The van der Waals surface area contributed by atoms with E-state index in [-0.39, 0.29) is 59.6 Å². The molecule has 2 saturated heterocycles. The Morgan fingerprint density at radius 2 is 0.989 bits per heavy atom. The number of carbonyl (C=O) groups excluding carboxylic acids is 4. The fourth-order valence-corrected chi connectivity index (χ4v) is 11.0. The Hall–Kier alpha value is -8.35.